The van der Waals surface area contributed by atoms with E-state index in [9.17, 15) is 9.59 Å². The number of hydrogen-bond donors (Lipinski definition) is 0. The molecule has 0 saturated carbocycles. The Hall–Kier alpha value is -1.22. The quantitative estimate of drug-likeness (QED) is 0.197. The van der Waals surface area contributed by atoms with Gasteiger partial charge in [-0.05, 0) is 53.4 Å². The fourth-order valence-electron chi connectivity index (χ4n) is 2.98. The highest BCUT2D eigenvalue weighted by molar-refractivity contribution is 5.78. The highest BCUT2D eigenvalue weighted by atomic mass is 16.6. The van der Waals surface area contributed by atoms with Crippen LogP contribution in [-0.4, -0.2) is 75.0 Å². The van der Waals surface area contributed by atoms with Gasteiger partial charge in [0.05, 0.1) is 39.3 Å². The van der Waals surface area contributed by atoms with Gasteiger partial charge in [-0.3, -0.25) is 9.59 Å². The topological polar surface area (TPSA) is 96.1 Å². The Bertz CT molecular complexity index is 489. The van der Waals surface area contributed by atoms with Crippen molar-refractivity contribution in [3.05, 3.63) is 0 Å². The van der Waals surface area contributed by atoms with Gasteiger partial charge in [0.2, 0.25) is 0 Å². The summed E-state index contributed by atoms with van der Waals surface area (Å²) in [6.45, 7) is 11.5. The van der Waals surface area contributed by atoms with Crippen LogP contribution in [0, 0.1) is 0 Å². The summed E-state index contributed by atoms with van der Waals surface area (Å²) >= 11 is 0. The molecule has 0 spiro atoms. The van der Waals surface area contributed by atoms with Crippen molar-refractivity contribution in [1.82, 2.24) is 0 Å². The van der Waals surface area contributed by atoms with Crippen molar-refractivity contribution in [2.75, 3.05) is 39.6 Å². The van der Waals surface area contributed by atoms with Crippen molar-refractivity contribution < 1.29 is 38.0 Å². The normalized spacial score (nSPS) is 20.7. The molecule has 0 N–H and O–H groups in total. The van der Waals surface area contributed by atoms with Crippen molar-refractivity contribution >= 4 is 11.9 Å². The predicted octanol–water partition coefficient (Wildman–Crippen LogP) is 2.80. The van der Waals surface area contributed by atoms with Crippen LogP contribution in [0.15, 0.2) is 0 Å². The molecule has 174 valence electrons. The first-order valence-corrected chi connectivity index (χ1v) is 11.0. The first-order chi connectivity index (χ1) is 14.2. The van der Waals surface area contributed by atoms with Gasteiger partial charge in [0.25, 0.3) is 0 Å². The first kappa shape index (κ1) is 25.0. The standard InChI is InChI=1S/C22H38O8/c1-21(2,9-5-11-25-13-17-15-27-17)29-19(23)7-8-20(24)30-22(3,4)10-6-12-26-14-18-16-28-18/h17-18H,5-16H2,1-4H3. The third-order valence-electron chi connectivity index (χ3n) is 4.86. The molecule has 8 heteroatoms. The van der Waals surface area contributed by atoms with Gasteiger partial charge in [0.15, 0.2) is 0 Å². The molecule has 30 heavy (non-hydrogen) atoms. The molecule has 2 fully saturated rings. The maximum atomic E-state index is 12.1. The summed E-state index contributed by atoms with van der Waals surface area (Å²) < 4.78 is 32.2. The molecule has 2 rings (SSSR count). The molecule has 8 nitrogen and oxygen atoms in total. The maximum Gasteiger partial charge on any atom is 0.306 e. The van der Waals surface area contributed by atoms with Gasteiger partial charge >= 0.3 is 11.9 Å². The summed E-state index contributed by atoms with van der Waals surface area (Å²) in [4.78, 5) is 24.2. The Morgan fingerprint density at radius 3 is 1.47 bits per heavy atom. The van der Waals surface area contributed by atoms with E-state index in [4.69, 9.17) is 28.4 Å². The van der Waals surface area contributed by atoms with Crippen LogP contribution in [0.3, 0.4) is 0 Å². The first-order valence-electron chi connectivity index (χ1n) is 11.0. The van der Waals surface area contributed by atoms with Gasteiger partial charge in [-0.15, -0.1) is 0 Å². The van der Waals surface area contributed by atoms with Crippen LogP contribution in [0.1, 0.15) is 66.2 Å². The number of epoxide rings is 2. The van der Waals surface area contributed by atoms with E-state index in [1.54, 1.807) is 0 Å². The largest absolute Gasteiger partial charge is 0.460 e. The van der Waals surface area contributed by atoms with Crippen LogP contribution in [0.4, 0.5) is 0 Å². The second kappa shape index (κ2) is 12.0. The average molecular weight is 431 g/mol. The summed E-state index contributed by atoms with van der Waals surface area (Å²) in [5.41, 5.74) is -1.18. The summed E-state index contributed by atoms with van der Waals surface area (Å²) in [7, 11) is 0. The molecule has 0 aromatic heterocycles. The van der Waals surface area contributed by atoms with Gasteiger partial charge in [0, 0.05) is 13.2 Å². The second-order valence-electron chi connectivity index (χ2n) is 9.24. The van der Waals surface area contributed by atoms with Crippen molar-refractivity contribution in [1.29, 1.82) is 0 Å². The lowest BCUT2D eigenvalue weighted by Gasteiger charge is -2.26. The highest BCUT2D eigenvalue weighted by Crippen LogP contribution is 2.21. The number of rotatable bonds is 17. The van der Waals surface area contributed by atoms with Crippen LogP contribution in [-0.2, 0) is 38.0 Å². The van der Waals surface area contributed by atoms with Gasteiger partial charge < -0.3 is 28.4 Å². The molecular weight excluding hydrogens is 392 g/mol. The van der Waals surface area contributed by atoms with Crippen LogP contribution in [0.25, 0.3) is 0 Å². The van der Waals surface area contributed by atoms with Gasteiger partial charge in [0.1, 0.15) is 23.4 Å². The number of esters is 2. The van der Waals surface area contributed by atoms with E-state index in [0.29, 0.717) is 39.3 Å². The zero-order chi connectivity index (χ0) is 22.0. The molecule has 2 aliphatic rings. The molecule has 0 radical (unpaired) electrons. The second-order valence-corrected chi connectivity index (χ2v) is 9.24. The molecule has 2 atom stereocenters. The van der Waals surface area contributed by atoms with Crippen molar-refractivity contribution in [3.63, 3.8) is 0 Å². The predicted molar refractivity (Wildman–Crippen MR) is 109 cm³/mol. The Labute approximate surface area is 179 Å². The van der Waals surface area contributed by atoms with E-state index in [0.717, 1.165) is 26.1 Å². The number of carbonyl (C=O) groups excluding carboxylic acids is 2. The minimum absolute atomic E-state index is 0.0123. The zero-order valence-electron chi connectivity index (χ0n) is 18.9. The molecule has 2 heterocycles. The maximum absolute atomic E-state index is 12.1. The molecule has 0 aliphatic carbocycles. The van der Waals surface area contributed by atoms with E-state index in [1.165, 1.54) is 0 Å². The van der Waals surface area contributed by atoms with E-state index < -0.39 is 23.1 Å². The minimum Gasteiger partial charge on any atom is -0.460 e. The van der Waals surface area contributed by atoms with E-state index in [1.807, 2.05) is 27.7 Å². The fourth-order valence-corrected chi connectivity index (χ4v) is 2.98. The monoisotopic (exact) mass is 430 g/mol. The number of carbonyl (C=O) groups is 2. The Kier molecular flexibility index (Phi) is 10.0. The molecule has 0 amide bonds. The van der Waals surface area contributed by atoms with Gasteiger partial charge in [-0.2, -0.15) is 0 Å². The lowest BCUT2D eigenvalue weighted by molar-refractivity contribution is -0.164. The smallest absolute Gasteiger partial charge is 0.306 e. The molecule has 0 aromatic carbocycles. The van der Waals surface area contributed by atoms with Crippen molar-refractivity contribution in [2.45, 2.75) is 89.6 Å². The van der Waals surface area contributed by atoms with Crippen LogP contribution in [0.2, 0.25) is 0 Å². The Morgan fingerprint density at radius 1 is 0.767 bits per heavy atom. The lowest BCUT2D eigenvalue weighted by Crippen LogP contribution is -2.30. The average Bonchev–Trinajstić information content (AvgIpc) is 3.53. The minimum atomic E-state index is -0.592. The lowest BCUT2D eigenvalue weighted by atomic mass is 10.0. The third kappa shape index (κ3) is 12.5. The fraction of sp³-hybridized carbons (Fsp3) is 0.909. The van der Waals surface area contributed by atoms with Crippen molar-refractivity contribution in [3.8, 4) is 0 Å². The van der Waals surface area contributed by atoms with Gasteiger partial charge in [-0.1, -0.05) is 0 Å². The zero-order valence-corrected chi connectivity index (χ0v) is 18.9. The van der Waals surface area contributed by atoms with E-state index >= 15 is 0 Å². The summed E-state index contributed by atoms with van der Waals surface area (Å²) in [5, 5.41) is 0. The van der Waals surface area contributed by atoms with E-state index in [-0.39, 0.29) is 25.0 Å². The molecule has 2 aliphatic heterocycles. The highest BCUT2D eigenvalue weighted by Gasteiger charge is 2.27. The van der Waals surface area contributed by atoms with Crippen molar-refractivity contribution in [2.24, 2.45) is 0 Å². The molecule has 2 saturated heterocycles. The molecule has 0 bridgehead atoms. The summed E-state index contributed by atoms with van der Waals surface area (Å²) in [6.07, 6.45) is 3.51. The SMILES string of the molecule is CC(C)(CCCOCC1CO1)OC(=O)CCC(=O)OC(C)(C)CCCOCC1CO1. The summed E-state index contributed by atoms with van der Waals surface area (Å²) in [6, 6.07) is 0. The van der Waals surface area contributed by atoms with Gasteiger partial charge in [-0.25, -0.2) is 0 Å². The number of hydrogen-bond acceptors (Lipinski definition) is 8. The molecular formula is C22H38O8. The molecule has 0 aromatic rings. The molecule has 2 unspecified atom stereocenters. The van der Waals surface area contributed by atoms with E-state index in [2.05, 4.69) is 0 Å². The van der Waals surface area contributed by atoms with Crippen LogP contribution >= 0.6 is 0 Å². The number of ether oxygens (including phenoxy) is 6. The van der Waals surface area contributed by atoms with Crippen LogP contribution in [0.5, 0.6) is 0 Å². The Morgan fingerprint density at radius 2 is 1.13 bits per heavy atom. The third-order valence-corrected chi connectivity index (χ3v) is 4.86. The van der Waals surface area contributed by atoms with Crippen LogP contribution < -0.4 is 0 Å². The summed E-state index contributed by atoms with van der Waals surface area (Å²) in [5.74, 6) is -0.782. The Balaban J connectivity index is 1.51.